The number of amides is 2. The van der Waals surface area contributed by atoms with Crippen molar-refractivity contribution in [2.45, 2.75) is 10.8 Å². The second kappa shape index (κ2) is 6.97. The standard InChI is InChI=1S/C18H17N3O4S2/c19-13(22)7-26-18-21-11-4-3-10(6-12(11)27-18)20-16(23)14-8-1-2-9(5-8)15(14)17(24)25/h1-4,6,8-9,14-15H,5,7H2,(H2,19,22)(H,20,23)(H,24,25)/t8-,9-,14-,15+/m0/s1. The van der Waals surface area contributed by atoms with Crippen LogP contribution in [0.2, 0.25) is 0 Å². The number of benzene rings is 1. The van der Waals surface area contributed by atoms with Gasteiger partial charge in [-0.05, 0) is 36.5 Å². The molecule has 0 saturated heterocycles. The Morgan fingerprint density at radius 2 is 2.00 bits per heavy atom. The number of hydrogen-bond donors (Lipinski definition) is 3. The third kappa shape index (κ3) is 3.44. The number of rotatable bonds is 6. The monoisotopic (exact) mass is 403 g/mol. The number of fused-ring (bicyclic) bond motifs is 3. The van der Waals surface area contributed by atoms with Gasteiger partial charge in [-0.2, -0.15) is 0 Å². The lowest BCUT2D eigenvalue weighted by Crippen LogP contribution is -2.36. The molecule has 0 unspecified atom stereocenters. The molecule has 140 valence electrons. The van der Waals surface area contributed by atoms with Crippen LogP contribution in [0.25, 0.3) is 10.2 Å². The lowest BCUT2D eigenvalue weighted by molar-refractivity contribution is -0.146. The Bertz CT molecular complexity index is 971. The summed E-state index contributed by atoms with van der Waals surface area (Å²) in [6.45, 7) is 0. The molecule has 2 bridgehead atoms. The van der Waals surface area contributed by atoms with Gasteiger partial charge in [-0.25, -0.2) is 4.98 Å². The molecule has 0 spiro atoms. The Labute approximate surface area is 163 Å². The van der Waals surface area contributed by atoms with Crippen molar-refractivity contribution in [3.8, 4) is 0 Å². The van der Waals surface area contributed by atoms with Gasteiger partial charge in [0.15, 0.2) is 4.34 Å². The average molecular weight is 403 g/mol. The molecule has 0 radical (unpaired) electrons. The van der Waals surface area contributed by atoms with Gasteiger partial charge >= 0.3 is 5.97 Å². The van der Waals surface area contributed by atoms with Crippen molar-refractivity contribution in [3.05, 3.63) is 30.4 Å². The van der Waals surface area contributed by atoms with Crippen LogP contribution in [0.3, 0.4) is 0 Å². The Morgan fingerprint density at radius 1 is 1.26 bits per heavy atom. The Balaban J connectivity index is 1.51. The van der Waals surface area contributed by atoms with Crippen LogP contribution in [-0.4, -0.2) is 33.6 Å². The number of nitrogens with one attached hydrogen (secondary N) is 1. The van der Waals surface area contributed by atoms with E-state index in [-0.39, 0.29) is 23.5 Å². The summed E-state index contributed by atoms with van der Waals surface area (Å²) in [6.07, 6.45) is 4.61. The Kier molecular flexibility index (Phi) is 4.65. The van der Waals surface area contributed by atoms with Crippen LogP contribution >= 0.6 is 23.1 Å². The summed E-state index contributed by atoms with van der Waals surface area (Å²) >= 11 is 2.70. The van der Waals surface area contributed by atoms with Crippen molar-refractivity contribution >= 4 is 56.8 Å². The summed E-state index contributed by atoms with van der Waals surface area (Å²) in [6, 6.07) is 5.37. The van der Waals surface area contributed by atoms with Gasteiger partial charge < -0.3 is 16.2 Å². The van der Waals surface area contributed by atoms with Crippen LogP contribution in [0.15, 0.2) is 34.7 Å². The highest BCUT2D eigenvalue weighted by molar-refractivity contribution is 8.01. The summed E-state index contributed by atoms with van der Waals surface area (Å²) < 4.78 is 1.61. The number of nitrogens with two attached hydrogens (primary N) is 1. The Hall–Kier alpha value is -2.39. The second-order valence-electron chi connectivity index (χ2n) is 6.74. The van der Waals surface area contributed by atoms with Crippen molar-refractivity contribution in [3.63, 3.8) is 0 Å². The third-order valence-corrected chi connectivity index (χ3v) is 7.20. The first-order chi connectivity index (χ1) is 12.9. The second-order valence-corrected chi connectivity index (χ2v) is 9.00. The predicted molar refractivity (Wildman–Crippen MR) is 104 cm³/mol. The van der Waals surface area contributed by atoms with E-state index < -0.39 is 23.7 Å². The van der Waals surface area contributed by atoms with E-state index in [9.17, 15) is 19.5 Å². The number of carboxylic acid groups (broad SMARTS) is 1. The van der Waals surface area contributed by atoms with Crippen LogP contribution in [0.1, 0.15) is 6.42 Å². The molecule has 27 heavy (non-hydrogen) atoms. The number of aromatic nitrogens is 1. The van der Waals surface area contributed by atoms with Crippen molar-refractivity contribution in [1.29, 1.82) is 0 Å². The van der Waals surface area contributed by atoms with Gasteiger partial charge in [-0.3, -0.25) is 14.4 Å². The van der Waals surface area contributed by atoms with Crippen molar-refractivity contribution in [2.24, 2.45) is 29.4 Å². The molecule has 2 aliphatic carbocycles. The first-order valence-corrected chi connectivity index (χ1v) is 10.3. The number of thiazole rings is 1. The van der Waals surface area contributed by atoms with Gasteiger partial charge in [0.25, 0.3) is 0 Å². The number of carboxylic acids is 1. The van der Waals surface area contributed by atoms with E-state index in [2.05, 4.69) is 10.3 Å². The minimum atomic E-state index is -0.916. The van der Waals surface area contributed by atoms with Crippen molar-refractivity contribution < 1.29 is 19.5 Å². The molecule has 1 fully saturated rings. The molecule has 4 rings (SSSR count). The molecule has 1 saturated carbocycles. The van der Waals surface area contributed by atoms with Crippen LogP contribution in [0.5, 0.6) is 0 Å². The average Bonchev–Trinajstić information content (AvgIpc) is 3.32. The number of thioether (sulfide) groups is 1. The third-order valence-electron chi connectivity index (χ3n) is 5.02. The number of hydrogen-bond acceptors (Lipinski definition) is 6. The molecular weight excluding hydrogens is 386 g/mol. The predicted octanol–water partition coefficient (Wildman–Crippen LogP) is 2.34. The number of carbonyl (C=O) groups excluding carboxylic acids is 2. The van der Waals surface area contributed by atoms with E-state index in [0.717, 1.165) is 21.0 Å². The zero-order valence-electron chi connectivity index (χ0n) is 14.1. The normalized spacial score (nSPS) is 25.8. The van der Waals surface area contributed by atoms with E-state index in [1.165, 1.54) is 23.1 Å². The van der Waals surface area contributed by atoms with Crippen molar-refractivity contribution in [1.82, 2.24) is 4.98 Å². The van der Waals surface area contributed by atoms with E-state index in [1.807, 2.05) is 18.2 Å². The summed E-state index contributed by atoms with van der Waals surface area (Å²) in [4.78, 5) is 39.7. The summed E-state index contributed by atoms with van der Waals surface area (Å²) in [5.41, 5.74) is 6.54. The van der Waals surface area contributed by atoms with E-state index in [4.69, 9.17) is 5.73 Å². The molecule has 1 aromatic heterocycles. The number of nitrogens with zero attached hydrogens (tertiary/aromatic N) is 1. The fraction of sp³-hybridized carbons (Fsp3) is 0.333. The van der Waals surface area contributed by atoms with E-state index in [0.29, 0.717) is 5.69 Å². The zero-order valence-corrected chi connectivity index (χ0v) is 15.8. The smallest absolute Gasteiger partial charge is 0.307 e. The fourth-order valence-corrected chi connectivity index (χ4v) is 5.76. The summed E-state index contributed by atoms with van der Waals surface area (Å²) in [7, 11) is 0. The maximum atomic E-state index is 12.8. The van der Waals surface area contributed by atoms with Gasteiger partial charge in [-0.15, -0.1) is 11.3 Å². The van der Waals surface area contributed by atoms with E-state index in [1.54, 1.807) is 12.1 Å². The molecule has 9 heteroatoms. The number of primary amides is 1. The van der Waals surface area contributed by atoms with Gasteiger partial charge in [0.05, 0.1) is 27.8 Å². The van der Waals surface area contributed by atoms with E-state index >= 15 is 0 Å². The van der Waals surface area contributed by atoms with Gasteiger partial charge in [0, 0.05) is 5.69 Å². The zero-order chi connectivity index (χ0) is 19.1. The summed E-state index contributed by atoms with van der Waals surface area (Å²) in [5, 5.41) is 12.4. The lowest BCUT2D eigenvalue weighted by Gasteiger charge is -2.23. The largest absolute Gasteiger partial charge is 0.481 e. The maximum absolute atomic E-state index is 12.8. The first kappa shape index (κ1) is 18.0. The minimum absolute atomic E-state index is 0.0139. The molecule has 0 aliphatic heterocycles. The van der Waals surface area contributed by atoms with Crippen molar-refractivity contribution in [2.75, 3.05) is 11.1 Å². The molecular formula is C18H17N3O4S2. The molecule has 2 amide bonds. The highest BCUT2D eigenvalue weighted by Crippen LogP contribution is 2.48. The minimum Gasteiger partial charge on any atom is -0.481 e. The SMILES string of the molecule is NC(=O)CSc1nc2ccc(NC(=O)[C@@H]3[C@H](C(=O)O)[C@H]4C=C[C@H]3C4)cc2s1. The molecule has 2 aliphatic rings. The number of allylic oxidation sites excluding steroid dienone is 2. The quantitative estimate of drug-likeness (QED) is 0.503. The fourth-order valence-electron chi connectivity index (χ4n) is 3.92. The van der Waals surface area contributed by atoms with Crippen LogP contribution in [-0.2, 0) is 14.4 Å². The first-order valence-electron chi connectivity index (χ1n) is 8.46. The van der Waals surface area contributed by atoms with Crippen LogP contribution in [0.4, 0.5) is 5.69 Å². The number of aliphatic carboxylic acids is 1. The molecule has 7 nitrogen and oxygen atoms in total. The van der Waals surface area contributed by atoms with Crippen LogP contribution < -0.4 is 11.1 Å². The number of carbonyl (C=O) groups is 3. The molecule has 4 atom stereocenters. The van der Waals surface area contributed by atoms with Gasteiger partial charge in [-0.1, -0.05) is 23.9 Å². The topological polar surface area (TPSA) is 122 Å². The molecule has 1 heterocycles. The maximum Gasteiger partial charge on any atom is 0.307 e. The molecule has 2 aromatic rings. The summed E-state index contributed by atoms with van der Waals surface area (Å²) in [5.74, 6) is -2.69. The van der Waals surface area contributed by atoms with Crippen LogP contribution in [0, 0.1) is 23.7 Å². The highest BCUT2D eigenvalue weighted by atomic mass is 32.2. The molecule has 4 N–H and O–H groups in total. The molecule has 1 aromatic carbocycles. The van der Waals surface area contributed by atoms with Gasteiger partial charge in [0.1, 0.15) is 0 Å². The Morgan fingerprint density at radius 3 is 2.70 bits per heavy atom. The highest BCUT2D eigenvalue weighted by Gasteiger charge is 2.51. The van der Waals surface area contributed by atoms with Gasteiger partial charge in [0.2, 0.25) is 11.8 Å². The lowest BCUT2D eigenvalue weighted by atomic mass is 9.82. The number of anilines is 1.